The Morgan fingerprint density at radius 1 is 0.889 bits per heavy atom. The van der Waals surface area contributed by atoms with E-state index in [0.717, 1.165) is 12.1 Å². The monoisotopic (exact) mass is 387 g/mol. The number of halogens is 3. The summed E-state index contributed by atoms with van der Waals surface area (Å²) < 4.78 is 26.6. The van der Waals surface area contributed by atoms with Crippen LogP contribution in [0.15, 0.2) is 60.8 Å². The van der Waals surface area contributed by atoms with Crippen LogP contribution in [0.1, 0.15) is 20.8 Å². The fourth-order valence-electron chi connectivity index (χ4n) is 2.21. The Labute approximate surface area is 158 Å². The lowest BCUT2D eigenvalue weighted by atomic mass is 10.2. The number of pyridine rings is 1. The van der Waals surface area contributed by atoms with Crippen molar-refractivity contribution >= 4 is 34.8 Å². The van der Waals surface area contributed by atoms with Gasteiger partial charge in [0.1, 0.15) is 17.3 Å². The zero-order chi connectivity index (χ0) is 19.4. The van der Waals surface area contributed by atoms with Crippen molar-refractivity contribution in [3.63, 3.8) is 0 Å². The van der Waals surface area contributed by atoms with Crippen molar-refractivity contribution in [2.45, 2.75) is 0 Å². The van der Waals surface area contributed by atoms with E-state index in [2.05, 4.69) is 15.6 Å². The molecule has 0 aliphatic heterocycles. The molecule has 27 heavy (non-hydrogen) atoms. The zero-order valence-corrected chi connectivity index (χ0v) is 14.4. The second-order valence-corrected chi connectivity index (χ2v) is 5.91. The smallest absolute Gasteiger partial charge is 0.274 e. The predicted octanol–water partition coefficient (Wildman–Crippen LogP) is 4.52. The zero-order valence-electron chi connectivity index (χ0n) is 13.7. The summed E-state index contributed by atoms with van der Waals surface area (Å²) in [6, 6.07) is 11.9. The lowest BCUT2D eigenvalue weighted by Crippen LogP contribution is -2.17. The van der Waals surface area contributed by atoms with Gasteiger partial charge in [-0.1, -0.05) is 11.6 Å². The first-order valence-electron chi connectivity index (χ1n) is 7.72. The topological polar surface area (TPSA) is 71.1 Å². The third kappa shape index (κ3) is 4.65. The number of aromatic nitrogens is 1. The van der Waals surface area contributed by atoms with Crippen molar-refractivity contribution in [1.82, 2.24) is 4.98 Å². The van der Waals surface area contributed by atoms with Gasteiger partial charge in [-0.2, -0.15) is 0 Å². The summed E-state index contributed by atoms with van der Waals surface area (Å²) in [6.45, 7) is 0. The number of carbonyl (C=O) groups is 2. The Morgan fingerprint density at radius 3 is 2.33 bits per heavy atom. The number of carbonyl (C=O) groups excluding carboxylic acids is 2. The fourth-order valence-corrected chi connectivity index (χ4v) is 2.34. The van der Waals surface area contributed by atoms with Crippen LogP contribution < -0.4 is 10.6 Å². The molecule has 2 N–H and O–H groups in total. The summed E-state index contributed by atoms with van der Waals surface area (Å²) in [5.41, 5.74) is 0.423. The third-order valence-electron chi connectivity index (χ3n) is 3.54. The summed E-state index contributed by atoms with van der Waals surface area (Å²) in [5.74, 6) is -2.85. The highest BCUT2D eigenvalue weighted by Gasteiger charge is 2.14. The maximum atomic E-state index is 13.7. The fraction of sp³-hybridized carbons (Fsp3) is 0. The van der Waals surface area contributed by atoms with E-state index in [1.165, 1.54) is 18.3 Å². The molecule has 2 aromatic carbocycles. The third-order valence-corrected chi connectivity index (χ3v) is 3.79. The summed E-state index contributed by atoms with van der Waals surface area (Å²) in [6.07, 6.45) is 1.28. The molecule has 0 unspecified atom stereocenters. The first-order chi connectivity index (χ1) is 12.9. The second-order valence-electron chi connectivity index (χ2n) is 5.47. The Morgan fingerprint density at radius 2 is 1.63 bits per heavy atom. The van der Waals surface area contributed by atoms with Gasteiger partial charge in [-0.3, -0.25) is 14.6 Å². The van der Waals surface area contributed by atoms with Gasteiger partial charge >= 0.3 is 0 Å². The quantitative estimate of drug-likeness (QED) is 0.691. The summed E-state index contributed by atoms with van der Waals surface area (Å²) >= 11 is 5.79. The molecule has 0 saturated heterocycles. The normalized spacial score (nSPS) is 10.3. The molecule has 0 spiro atoms. The van der Waals surface area contributed by atoms with Crippen LogP contribution in [0, 0.1) is 11.6 Å². The van der Waals surface area contributed by atoms with Crippen LogP contribution in [0.2, 0.25) is 5.02 Å². The Bertz CT molecular complexity index is 1010. The standard InChI is InChI=1S/C19H12ClF2N3O2/c20-12-1-4-14(5-2-12)24-19(27)17-9-11(7-8-23-17)18(26)25-16-6-3-13(21)10-15(16)22/h1-10H,(H,24,27)(H,25,26). The average molecular weight is 388 g/mol. The van der Waals surface area contributed by atoms with Crippen molar-refractivity contribution in [3.05, 3.63) is 88.7 Å². The first-order valence-corrected chi connectivity index (χ1v) is 8.09. The highest BCUT2D eigenvalue weighted by atomic mass is 35.5. The van der Waals surface area contributed by atoms with Crippen LogP contribution in [-0.4, -0.2) is 16.8 Å². The van der Waals surface area contributed by atoms with Gasteiger partial charge in [-0.05, 0) is 48.5 Å². The van der Waals surface area contributed by atoms with E-state index >= 15 is 0 Å². The maximum absolute atomic E-state index is 13.7. The highest BCUT2D eigenvalue weighted by molar-refractivity contribution is 6.30. The number of nitrogens with one attached hydrogen (secondary N) is 2. The average Bonchev–Trinajstić information content (AvgIpc) is 2.66. The number of hydrogen-bond donors (Lipinski definition) is 2. The Balaban J connectivity index is 1.75. The van der Waals surface area contributed by atoms with E-state index < -0.39 is 23.4 Å². The van der Waals surface area contributed by atoms with Crippen molar-refractivity contribution < 1.29 is 18.4 Å². The van der Waals surface area contributed by atoms with Gasteiger partial charge < -0.3 is 10.6 Å². The number of benzene rings is 2. The molecule has 0 aliphatic carbocycles. The van der Waals surface area contributed by atoms with Crippen LogP contribution in [0.25, 0.3) is 0 Å². The largest absolute Gasteiger partial charge is 0.321 e. The van der Waals surface area contributed by atoms with E-state index in [1.807, 2.05) is 0 Å². The molecule has 136 valence electrons. The molecule has 0 atom stereocenters. The Kier molecular flexibility index (Phi) is 5.42. The van der Waals surface area contributed by atoms with E-state index in [9.17, 15) is 18.4 Å². The molecular weight excluding hydrogens is 376 g/mol. The molecule has 1 aromatic heterocycles. The number of amides is 2. The van der Waals surface area contributed by atoms with Crippen LogP contribution in [-0.2, 0) is 0 Å². The SMILES string of the molecule is O=C(Nc1ccc(F)cc1F)c1ccnc(C(=O)Nc2ccc(Cl)cc2)c1. The summed E-state index contributed by atoms with van der Waals surface area (Å²) in [4.78, 5) is 28.5. The molecule has 0 saturated carbocycles. The van der Waals surface area contributed by atoms with Gasteiger partial charge in [0.2, 0.25) is 0 Å². The van der Waals surface area contributed by atoms with Gasteiger partial charge in [-0.15, -0.1) is 0 Å². The molecule has 0 fully saturated rings. The molecule has 0 aliphatic rings. The van der Waals surface area contributed by atoms with Gasteiger partial charge in [0.05, 0.1) is 5.69 Å². The second kappa shape index (κ2) is 7.92. The van der Waals surface area contributed by atoms with Crippen LogP contribution in [0.3, 0.4) is 0 Å². The molecule has 2 amide bonds. The predicted molar refractivity (Wildman–Crippen MR) is 98.0 cm³/mol. The van der Waals surface area contributed by atoms with Gasteiger partial charge in [0, 0.05) is 28.5 Å². The summed E-state index contributed by atoms with van der Waals surface area (Å²) in [7, 11) is 0. The van der Waals surface area contributed by atoms with Crippen LogP contribution in [0.5, 0.6) is 0 Å². The summed E-state index contributed by atoms with van der Waals surface area (Å²) in [5, 5.41) is 5.47. The minimum Gasteiger partial charge on any atom is -0.321 e. The van der Waals surface area contributed by atoms with E-state index in [-0.39, 0.29) is 16.9 Å². The van der Waals surface area contributed by atoms with Gasteiger partial charge in [0.25, 0.3) is 11.8 Å². The molecule has 8 heteroatoms. The van der Waals surface area contributed by atoms with E-state index in [4.69, 9.17) is 11.6 Å². The van der Waals surface area contributed by atoms with Crippen molar-refractivity contribution in [2.75, 3.05) is 10.6 Å². The maximum Gasteiger partial charge on any atom is 0.274 e. The van der Waals surface area contributed by atoms with Crippen LogP contribution >= 0.6 is 11.6 Å². The molecule has 1 heterocycles. The van der Waals surface area contributed by atoms with E-state index in [1.54, 1.807) is 24.3 Å². The van der Waals surface area contributed by atoms with Crippen molar-refractivity contribution in [3.8, 4) is 0 Å². The minimum absolute atomic E-state index is 0.00261. The van der Waals surface area contributed by atoms with E-state index in [0.29, 0.717) is 16.8 Å². The lowest BCUT2D eigenvalue weighted by Gasteiger charge is -2.08. The number of nitrogens with zero attached hydrogens (tertiary/aromatic N) is 1. The molecule has 3 rings (SSSR count). The molecule has 0 bridgehead atoms. The van der Waals surface area contributed by atoms with Crippen molar-refractivity contribution in [2.24, 2.45) is 0 Å². The van der Waals surface area contributed by atoms with Crippen molar-refractivity contribution in [1.29, 1.82) is 0 Å². The number of hydrogen-bond acceptors (Lipinski definition) is 3. The highest BCUT2D eigenvalue weighted by Crippen LogP contribution is 2.17. The van der Waals surface area contributed by atoms with Gasteiger partial charge in [0.15, 0.2) is 0 Å². The number of anilines is 2. The first kappa shape index (κ1) is 18.5. The van der Waals surface area contributed by atoms with Gasteiger partial charge in [-0.25, -0.2) is 8.78 Å². The molecule has 5 nitrogen and oxygen atoms in total. The molecule has 3 aromatic rings. The lowest BCUT2D eigenvalue weighted by molar-refractivity contribution is 0.102. The minimum atomic E-state index is -0.905. The van der Waals surface area contributed by atoms with Crippen LogP contribution in [0.4, 0.5) is 20.2 Å². The number of rotatable bonds is 4. The Hall–Kier alpha value is -3.32. The molecule has 0 radical (unpaired) electrons. The molecular formula is C19H12ClF2N3O2.